The van der Waals surface area contributed by atoms with Gasteiger partial charge in [0.25, 0.3) is 0 Å². The van der Waals surface area contributed by atoms with Gasteiger partial charge in [-0.15, -0.1) is 0 Å². The Morgan fingerprint density at radius 3 is 2.40 bits per heavy atom. The van der Waals surface area contributed by atoms with Gasteiger partial charge in [-0.2, -0.15) is 0 Å². The number of hydrogen-bond acceptors (Lipinski definition) is 1. The summed E-state index contributed by atoms with van der Waals surface area (Å²) < 4.78 is 0. The zero-order valence-electron chi connectivity index (χ0n) is 12.2. The van der Waals surface area contributed by atoms with Gasteiger partial charge >= 0.3 is 0 Å². The average molecular weight is 267 g/mol. The molecule has 1 atom stereocenters. The lowest BCUT2D eigenvalue weighted by molar-refractivity contribution is 0.152. The van der Waals surface area contributed by atoms with Crippen LogP contribution in [0.2, 0.25) is 0 Å². The Kier molecular flexibility index (Phi) is 4.70. The lowest BCUT2D eigenvalue weighted by Gasteiger charge is -2.37. The lowest BCUT2D eigenvalue weighted by Crippen LogP contribution is -2.41. The highest BCUT2D eigenvalue weighted by Crippen LogP contribution is 2.29. The Morgan fingerprint density at radius 2 is 1.65 bits per heavy atom. The Labute approximate surface area is 123 Å². The van der Waals surface area contributed by atoms with Crippen LogP contribution in [0.3, 0.4) is 0 Å². The minimum Gasteiger partial charge on any atom is -0.292 e. The summed E-state index contributed by atoms with van der Waals surface area (Å²) in [6.07, 6.45) is 16.0. The van der Waals surface area contributed by atoms with Crippen LogP contribution in [-0.2, 0) is 6.54 Å². The van der Waals surface area contributed by atoms with Crippen LogP contribution in [0.4, 0.5) is 0 Å². The second-order valence-electron chi connectivity index (χ2n) is 6.05. The molecule has 0 radical (unpaired) electrons. The monoisotopic (exact) mass is 267 g/mol. The Morgan fingerprint density at radius 1 is 0.900 bits per heavy atom. The SMILES string of the molecule is C1=CCCC(C2C=CCCN2Cc2ccccc2)CC1. The maximum atomic E-state index is 2.69. The third kappa shape index (κ3) is 3.40. The average Bonchev–Trinajstić information content (AvgIpc) is 2.78. The fourth-order valence-electron chi connectivity index (χ4n) is 3.55. The standard InChI is InChI=1S/C19H25N/c1-2-7-13-18(12-6-1)19-14-8-9-15-20(19)16-17-10-4-3-5-11-17/h1-5,8,10-11,14,18-19H,6-7,9,12-13,15-16H2. The third-order valence-corrected chi connectivity index (χ3v) is 4.62. The Balaban J connectivity index is 1.70. The molecule has 3 rings (SSSR count). The van der Waals surface area contributed by atoms with Gasteiger partial charge in [0.15, 0.2) is 0 Å². The molecule has 0 saturated carbocycles. The molecule has 1 aromatic rings. The summed E-state index contributed by atoms with van der Waals surface area (Å²) in [7, 11) is 0. The van der Waals surface area contributed by atoms with E-state index < -0.39 is 0 Å². The van der Waals surface area contributed by atoms with E-state index in [0.717, 1.165) is 12.5 Å². The van der Waals surface area contributed by atoms with Gasteiger partial charge in [0, 0.05) is 19.1 Å². The first kappa shape index (κ1) is 13.6. The number of allylic oxidation sites excluding steroid dienone is 2. The summed E-state index contributed by atoms with van der Waals surface area (Å²) in [6.45, 7) is 2.31. The van der Waals surface area contributed by atoms with Gasteiger partial charge in [-0.05, 0) is 43.6 Å². The summed E-state index contributed by atoms with van der Waals surface area (Å²) >= 11 is 0. The van der Waals surface area contributed by atoms with E-state index >= 15 is 0 Å². The van der Waals surface area contributed by atoms with Gasteiger partial charge in [-0.25, -0.2) is 0 Å². The second-order valence-corrected chi connectivity index (χ2v) is 6.05. The molecule has 20 heavy (non-hydrogen) atoms. The molecule has 0 fully saturated rings. The summed E-state index contributed by atoms with van der Waals surface area (Å²) in [5, 5.41) is 0. The van der Waals surface area contributed by atoms with Crippen LogP contribution in [0.15, 0.2) is 54.6 Å². The van der Waals surface area contributed by atoms with E-state index in [9.17, 15) is 0 Å². The molecule has 0 spiro atoms. The van der Waals surface area contributed by atoms with Gasteiger partial charge in [0.1, 0.15) is 0 Å². The molecule has 1 unspecified atom stereocenters. The Bertz CT molecular complexity index is 450. The van der Waals surface area contributed by atoms with Gasteiger partial charge < -0.3 is 0 Å². The quantitative estimate of drug-likeness (QED) is 0.725. The zero-order chi connectivity index (χ0) is 13.6. The Hall–Kier alpha value is -1.34. The number of rotatable bonds is 3. The minimum atomic E-state index is 0.642. The molecule has 0 N–H and O–H groups in total. The van der Waals surface area contributed by atoms with Crippen LogP contribution in [0.25, 0.3) is 0 Å². The van der Waals surface area contributed by atoms with Crippen LogP contribution in [0.1, 0.15) is 37.7 Å². The lowest BCUT2D eigenvalue weighted by atomic mass is 9.88. The zero-order valence-corrected chi connectivity index (χ0v) is 12.2. The maximum absolute atomic E-state index is 2.69. The molecule has 1 aliphatic carbocycles. The molecule has 0 bridgehead atoms. The van der Waals surface area contributed by atoms with Crippen molar-refractivity contribution in [3.8, 4) is 0 Å². The van der Waals surface area contributed by atoms with E-state index in [1.54, 1.807) is 0 Å². The van der Waals surface area contributed by atoms with Crippen molar-refractivity contribution in [1.82, 2.24) is 4.90 Å². The highest BCUT2D eigenvalue weighted by Gasteiger charge is 2.26. The van der Waals surface area contributed by atoms with Crippen molar-refractivity contribution < 1.29 is 0 Å². The van der Waals surface area contributed by atoms with E-state index in [4.69, 9.17) is 0 Å². The molecule has 1 aromatic carbocycles. The van der Waals surface area contributed by atoms with Crippen molar-refractivity contribution in [3.05, 3.63) is 60.2 Å². The van der Waals surface area contributed by atoms with E-state index in [1.165, 1.54) is 44.2 Å². The molecule has 106 valence electrons. The number of hydrogen-bond donors (Lipinski definition) is 0. The first-order chi connectivity index (χ1) is 9.93. The first-order valence-corrected chi connectivity index (χ1v) is 8.03. The predicted octanol–water partition coefficient (Wildman–Crippen LogP) is 4.56. The molecule has 1 aliphatic heterocycles. The van der Waals surface area contributed by atoms with E-state index in [-0.39, 0.29) is 0 Å². The molecular weight excluding hydrogens is 242 g/mol. The van der Waals surface area contributed by atoms with Crippen LogP contribution >= 0.6 is 0 Å². The summed E-state index contributed by atoms with van der Waals surface area (Å²) in [4.78, 5) is 2.69. The maximum Gasteiger partial charge on any atom is 0.0310 e. The molecule has 0 saturated heterocycles. The topological polar surface area (TPSA) is 3.24 Å². The van der Waals surface area contributed by atoms with Crippen molar-refractivity contribution in [2.75, 3.05) is 6.54 Å². The fraction of sp³-hybridized carbons (Fsp3) is 0.474. The van der Waals surface area contributed by atoms with Crippen molar-refractivity contribution in [1.29, 1.82) is 0 Å². The van der Waals surface area contributed by atoms with Crippen molar-refractivity contribution in [2.24, 2.45) is 5.92 Å². The van der Waals surface area contributed by atoms with Crippen molar-refractivity contribution in [2.45, 2.75) is 44.7 Å². The minimum absolute atomic E-state index is 0.642. The molecular formula is C19H25N. The fourth-order valence-corrected chi connectivity index (χ4v) is 3.55. The second kappa shape index (κ2) is 6.90. The molecule has 1 heteroatoms. The van der Waals surface area contributed by atoms with E-state index in [1.807, 2.05) is 0 Å². The van der Waals surface area contributed by atoms with Crippen LogP contribution in [0, 0.1) is 5.92 Å². The normalized spacial score (nSPS) is 24.7. The molecule has 1 nitrogen and oxygen atoms in total. The van der Waals surface area contributed by atoms with Gasteiger partial charge in [-0.3, -0.25) is 4.90 Å². The van der Waals surface area contributed by atoms with Gasteiger partial charge in [0.05, 0.1) is 0 Å². The molecule has 0 aromatic heterocycles. The van der Waals surface area contributed by atoms with Crippen molar-refractivity contribution >= 4 is 0 Å². The van der Waals surface area contributed by atoms with Crippen molar-refractivity contribution in [3.63, 3.8) is 0 Å². The van der Waals surface area contributed by atoms with E-state index in [2.05, 4.69) is 59.5 Å². The predicted molar refractivity (Wildman–Crippen MR) is 85.5 cm³/mol. The highest BCUT2D eigenvalue weighted by molar-refractivity contribution is 5.16. The van der Waals surface area contributed by atoms with Gasteiger partial charge in [0.2, 0.25) is 0 Å². The largest absolute Gasteiger partial charge is 0.292 e. The van der Waals surface area contributed by atoms with Gasteiger partial charge in [-0.1, -0.05) is 54.6 Å². The van der Waals surface area contributed by atoms with Crippen LogP contribution < -0.4 is 0 Å². The summed E-state index contributed by atoms with van der Waals surface area (Å²) in [5.41, 5.74) is 1.44. The highest BCUT2D eigenvalue weighted by atomic mass is 15.2. The molecule has 1 heterocycles. The smallest absolute Gasteiger partial charge is 0.0310 e. The molecule has 2 aliphatic rings. The van der Waals surface area contributed by atoms with Crippen LogP contribution in [-0.4, -0.2) is 17.5 Å². The summed E-state index contributed by atoms with van der Waals surface area (Å²) in [6, 6.07) is 11.6. The molecule has 0 amide bonds. The van der Waals surface area contributed by atoms with E-state index in [0.29, 0.717) is 6.04 Å². The number of benzene rings is 1. The summed E-state index contributed by atoms with van der Waals surface area (Å²) in [5.74, 6) is 0.824. The first-order valence-electron chi connectivity index (χ1n) is 8.03. The van der Waals surface area contributed by atoms with Crippen LogP contribution in [0.5, 0.6) is 0 Å². The third-order valence-electron chi connectivity index (χ3n) is 4.62. The number of nitrogens with zero attached hydrogens (tertiary/aromatic N) is 1.